The largest absolute Gasteiger partial charge is 0.474 e. The highest BCUT2D eigenvalue weighted by Gasteiger charge is 2.34. The molecule has 4 rings (SSSR count). The maximum absolute atomic E-state index is 12.6. The van der Waals surface area contributed by atoms with Crippen molar-refractivity contribution >= 4 is 23.2 Å². The lowest BCUT2D eigenvalue weighted by atomic mass is 10.0. The Morgan fingerprint density at radius 2 is 1.85 bits per heavy atom. The van der Waals surface area contributed by atoms with Crippen molar-refractivity contribution in [3.8, 4) is 5.75 Å². The molecular weight excluding hydrogens is 270 g/mol. The molecule has 0 amide bonds. The van der Waals surface area contributed by atoms with Gasteiger partial charge in [-0.25, -0.2) is 0 Å². The van der Waals surface area contributed by atoms with E-state index in [1.54, 1.807) is 24.0 Å². The highest BCUT2D eigenvalue weighted by molar-refractivity contribution is 8.00. The Morgan fingerprint density at radius 3 is 2.80 bits per heavy atom. The zero-order valence-electron chi connectivity index (χ0n) is 10.5. The number of para-hydroxylation sites is 2. The zero-order chi connectivity index (χ0) is 13.5. The number of thioether (sulfide) groups is 1. The minimum Gasteiger partial charge on any atom is -0.474 e. The smallest absolute Gasteiger partial charge is 0.198 e. The average Bonchev–Trinajstić information content (AvgIpc) is 2.66. The summed E-state index contributed by atoms with van der Waals surface area (Å²) in [4.78, 5) is 13.6. The first-order valence-corrected chi connectivity index (χ1v) is 7.23. The van der Waals surface area contributed by atoms with Crippen LogP contribution in [0.5, 0.6) is 5.75 Å². The lowest BCUT2D eigenvalue weighted by molar-refractivity contribution is 0.0991. The van der Waals surface area contributed by atoms with Gasteiger partial charge in [0.2, 0.25) is 0 Å². The van der Waals surface area contributed by atoms with Crippen molar-refractivity contribution in [3.05, 3.63) is 65.9 Å². The topological polar surface area (TPSA) is 38.3 Å². The highest BCUT2D eigenvalue weighted by Crippen LogP contribution is 2.41. The van der Waals surface area contributed by atoms with Crippen molar-refractivity contribution in [2.24, 2.45) is 0 Å². The van der Waals surface area contributed by atoms with E-state index >= 15 is 0 Å². The summed E-state index contributed by atoms with van der Waals surface area (Å²) < 4.78 is 5.98. The number of benzene rings is 2. The molecule has 0 bridgehead atoms. The van der Waals surface area contributed by atoms with Crippen LogP contribution in [-0.4, -0.2) is 11.2 Å². The van der Waals surface area contributed by atoms with Gasteiger partial charge in [0.1, 0.15) is 5.75 Å². The van der Waals surface area contributed by atoms with E-state index in [4.69, 9.17) is 4.74 Å². The fourth-order valence-corrected chi connectivity index (χ4v) is 3.47. The number of ketones is 1. The Morgan fingerprint density at radius 1 is 1.05 bits per heavy atom. The number of rotatable bonds is 0. The van der Waals surface area contributed by atoms with Gasteiger partial charge < -0.3 is 10.1 Å². The summed E-state index contributed by atoms with van der Waals surface area (Å²) in [6, 6.07) is 15.4. The van der Waals surface area contributed by atoms with E-state index in [0.717, 1.165) is 10.6 Å². The number of carbonyl (C=O) groups excluding carboxylic acids is 1. The summed E-state index contributed by atoms with van der Waals surface area (Å²) in [5.41, 5.74) is 1.99. The second kappa shape index (κ2) is 4.42. The SMILES string of the molecule is O=C1C2=CNc3ccccc3SC2Oc2ccccc21. The summed E-state index contributed by atoms with van der Waals surface area (Å²) in [5, 5.41) is 3.20. The first-order chi connectivity index (χ1) is 9.83. The Bertz CT molecular complexity index is 739. The molecule has 2 aromatic rings. The Hall–Kier alpha value is -2.20. The fourth-order valence-electron chi connectivity index (χ4n) is 2.38. The molecular formula is C16H11NO2S. The summed E-state index contributed by atoms with van der Waals surface area (Å²) >= 11 is 1.56. The van der Waals surface area contributed by atoms with Gasteiger partial charge in [0, 0.05) is 11.1 Å². The van der Waals surface area contributed by atoms with Crippen LogP contribution in [-0.2, 0) is 0 Å². The highest BCUT2D eigenvalue weighted by atomic mass is 32.2. The van der Waals surface area contributed by atoms with Crippen molar-refractivity contribution < 1.29 is 9.53 Å². The molecule has 1 atom stereocenters. The Kier molecular flexibility index (Phi) is 2.57. The van der Waals surface area contributed by atoms with E-state index in [9.17, 15) is 4.79 Å². The number of anilines is 1. The summed E-state index contributed by atoms with van der Waals surface area (Å²) in [6.45, 7) is 0. The third-order valence-electron chi connectivity index (χ3n) is 3.39. The van der Waals surface area contributed by atoms with Gasteiger partial charge in [-0.15, -0.1) is 0 Å². The van der Waals surface area contributed by atoms with E-state index in [0.29, 0.717) is 16.9 Å². The van der Waals surface area contributed by atoms with Gasteiger partial charge in [-0.05, 0) is 24.3 Å². The second-order valence-electron chi connectivity index (χ2n) is 4.63. The lowest BCUT2D eigenvalue weighted by Gasteiger charge is -2.25. The van der Waals surface area contributed by atoms with Crippen LogP contribution < -0.4 is 10.1 Å². The molecule has 0 radical (unpaired) electrons. The van der Waals surface area contributed by atoms with Crippen LogP contribution >= 0.6 is 11.8 Å². The molecule has 0 aliphatic carbocycles. The number of fused-ring (bicyclic) bond motifs is 3. The van der Waals surface area contributed by atoms with E-state index in [2.05, 4.69) is 5.32 Å². The Balaban J connectivity index is 1.81. The van der Waals surface area contributed by atoms with Gasteiger partial charge in [0.05, 0.1) is 16.8 Å². The van der Waals surface area contributed by atoms with Crippen molar-refractivity contribution in [1.82, 2.24) is 0 Å². The number of ether oxygens (including phenoxy) is 1. The molecule has 0 fully saturated rings. The van der Waals surface area contributed by atoms with E-state index in [1.807, 2.05) is 42.5 Å². The standard InChI is InChI=1S/C16H11NO2S/c18-15-10-5-1-3-7-13(10)19-16-11(15)9-17-12-6-2-4-8-14(12)20-16/h1-9,16-17H. The Labute approximate surface area is 120 Å². The summed E-state index contributed by atoms with van der Waals surface area (Å²) in [5.74, 6) is 0.691. The van der Waals surface area contributed by atoms with Crippen molar-refractivity contribution in [2.75, 3.05) is 5.32 Å². The number of carbonyl (C=O) groups is 1. The van der Waals surface area contributed by atoms with Crippen LogP contribution in [0.4, 0.5) is 5.69 Å². The predicted octanol–water partition coefficient (Wildman–Crippen LogP) is 3.69. The van der Waals surface area contributed by atoms with E-state index in [-0.39, 0.29) is 11.2 Å². The molecule has 20 heavy (non-hydrogen) atoms. The van der Waals surface area contributed by atoms with Crippen LogP contribution in [0.3, 0.4) is 0 Å². The monoisotopic (exact) mass is 281 g/mol. The van der Waals surface area contributed by atoms with E-state index in [1.165, 1.54) is 0 Å². The predicted molar refractivity (Wildman–Crippen MR) is 79.2 cm³/mol. The number of nitrogens with one attached hydrogen (secondary N) is 1. The maximum Gasteiger partial charge on any atom is 0.198 e. The quantitative estimate of drug-likeness (QED) is 0.799. The molecule has 2 aromatic carbocycles. The third-order valence-corrected chi connectivity index (χ3v) is 4.56. The zero-order valence-corrected chi connectivity index (χ0v) is 11.3. The summed E-state index contributed by atoms with van der Waals surface area (Å²) in [6.07, 6.45) is 1.77. The number of hydrogen-bond acceptors (Lipinski definition) is 4. The van der Waals surface area contributed by atoms with Gasteiger partial charge in [0.25, 0.3) is 0 Å². The van der Waals surface area contributed by atoms with Crippen LogP contribution in [0.1, 0.15) is 10.4 Å². The first kappa shape index (κ1) is 11.6. The van der Waals surface area contributed by atoms with Gasteiger partial charge >= 0.3 is 0 Å². The number of Topliss-reactive ketones (excluding diaryl/α,β-unsaturated/α-hetero) is 1. The molecule has 1 N–H and O–H groups in total. The maximum atomic E-state index is 12.6. The van der Waals surface area contributed by atoms with Crippen molar-refractivity contribution in [1.29, 1.82) is 0 Å². The fraction of sp³-hybridized carbons (Fsp3) is 0.0625. The van der Waals surface area contributed by atoms with Crippen LogP contribution in [0, 0.1) is 0 Å². The van der Waals surface area contributed by atoms with E-state index < -0.39 is 0 Å². The molecule has 0 aromatic heterocycles. The lowest BCUT2D eigenvalue weighted by Crippen LogP contribution is -2.27. The summed E-state index contributed by atoms with van der Waals surface area (Å²) in [7, 11) is 0. The molecule has 2 aliphatic heterocycles. The molecule has 0 spiro atoms. The number of hydrogen-bond donors (Lipinski definition) is 1. The molecule has 4 heteroatoms. The van der Waals surface area contributed by atoms with Crippen LogP contribution in [0.15, 0.2) is 65.2 Å². The molecule has 1 unspecified atom stereocenters. The molecule has 2 heterocycles. The minimum atomic E-state index is -0.298. The first-order valence-electron chi connectivity index (χ1n) is 6.35. The van der Waals surface area contributed by atoms with Gasteiger partial charge in [-0.1, -0.05) is 36.0 Å². The van der Waals surface area contributed by atoms with Crippen LogP contribution in [0.2, 0.25) is 0 Å². The molecule has 2 aliphatic rings. The van der Waals surface area contributed by atoms with Gasteiger partial charge in [-0.3, -0.25) is 4.79 Å². The molecule has 0 saturated carbocycles. The average molecular weight is 281 g/mol. The molecule has 3 nitrogen and oxygen atoms in total. The molecule has 0 saturated heterocycles. The molecule has 98 valence electrons. The third kappa shape index (κ3) is 1.72. The normalized spacial score (nSPS) is 19.5. The van der Waals surface area contributed by atoms with Crippen molar-refractivity contribution in [3.63, 3.8) is 0 Å². The van der Waals surface area contributed by atoms with Crippen LogP contribution in [0.25, 0.3) is 0 Å². The minimum absolute atomic E-state index is 0.0321. The van der Waals surface area contributed by atoms with Crippen molar-refractivity contribution in [2.45, 2.75) is 10.3 Å². The van der Waals surface area contributed by atoms with Gasteiger partial charge in [-0.2, -0.15) is 0 Å². The second-order valence-corrected chi connectivity index (χ2v) is 5.74. The van der Waals surface area contributed by atoms with Gasteiger partial charge in [0.15, 0.2) is 11.2 Å².